The standard InChI is InChI=1S/C31H38N2O3/c1-20-25(16-26-17-27(20)31(26,2)3)15-12-22-7-4-21(5-8-22)6-9-23-10-13-24(14-11-23)30(36)33-28(18-32)29(35)19-34/h4-5,7-8,10-11,13-14,20,25-28,34H,12,15-19,32H2,1-3H3,(H,33,36)/t20-,25+,26+,27+,28+/m1/s1. The number of nitrogens with one attached hydrogen (secondary N) is 1. The molecular formula is C31H38N2O3. The fraction of sp³-hybridized carbons (Fsp3) is 0.484. The van der Waals surface area contributed by atoms with E-state index < -0.39 is 24.3 Å². The van der Waals surface area contributed by atoms with Crippen molar-refractivity contribution in [2.24, 2.45) is 34.8 Å². The first kappa shape index (κ1) is 26.1. The lowest BCUT2D eigenvalue weighted by Gasteiger charge is -2.62. The molecule has 4 N–H and O–H groups in total. The lowest BCUT2D eigenvalue weighted by molar-refractivity contribution is -0.129. The Morgan fingerprint density at radius 1 is 1.06 bits per heavy atom. The predicted molar refractivity (Wildman–Crippen MR) is 142 cm³/mol. The van der Waals surface area contributed by atoms with E-state index in [1.165, 1.54) is 24.8 Å². The highest BCUT2D eigenvalue weighted by atomic mass is 16.3. The van der Waals surface area contributed by atoms with E-state index >= 15 is 0 Å². The summed E-state index contributed by atoms with van der Waals surface area (Å²) < 4.78 is 0. The third kappa shape index (κ3) is 5.56. The van der Waals surface area contributed by atoms with Gasteiger partial charge in [-0.2, -0.15) is 0 Å². The minimum atomic E-state index is -0.895. The Morgan fingerprint density at radius 2 is 1.67 bits per heavy atom. The normalized spacial score (nSPS) is 24.6. The van der Waals surface area contributed by atoms with Crippen molar-refractivity contribution in [3.8, 4) is 11.8 Å². The maximum absolute atomic E-state index is 12.3. The first-order chi connectivity index (χ1) is 17.2. The summed E-state index contributed by atoms with van der Waals surface area (Å²) in [6.45, 7) is 6.68. The van der Waals surface area contributed by atoms with Crippen molar-refractivity contribution in [3.63, 3.8) is 0 Å². The van der Waals surface area contributed by atoms with Crippen molar-refractivity contribution in [2.45, 2.75) is 52.5 Å². The third-order valence-corrected chi connectivity index (χ3v) is 8.85. The fourth-order valence-corrected chi connectivity index (χ4v) is 6.22. The Morgan fingerprint density at radius 3 is 2.19 bits per heavy atom. The van der Waals surface area contributed by atoms with Crippen LogP contribution in [0.25, 0.3) is 0 Å². The number of fused-ring (bicyclic) bond motifs is 2. The topological polar surface area (TPSA) is 92.4 Å². The zero-order valence-corrected chi connectivity index (χ0v) is 21.6. The summed E-state index contributed by atoms with van der Waals surface area (Å²) in [5.41, 5.74) is 9.60. The van der Waals surface area contributed by atoms with Gasteiger partial charge >= 0.3 is 0 Å². The van der Waals surface area contributed by atoms with Crippen LogP contribution in [0.2, 0.25) is 0 Å². The largest absolute Gasteiger partial charge is 0.388 e. The van der Waals surface area contributed by atoms with E-state index in [1.54, 1.807) is 24.3 Å². The minimum absolute atomic E-state index is 0.0630. The number of ketones is 1. The zero-order chi connectivity index (χ0) is 25.9. The van der Waals surface area contributed by atoms with Crippen LogP contribution in [-0.4, -0.2) is 36.0 Å². The van der Waals surface area contributed by atoms with Crippen molar-refractivity contribution < 1.29 is 14.7 Å². The molecule has 0 heterocycles. The minimum Gasteiger partial charge on any atom is -0.388 e. The summed E-state index contributed by atoms with van der Waals surface area (Å²) in [5.74, 6) is 8.92. The molecule has 1 amide bonds. The smallest absolute Gasteiger partial charge is 0.251 e. The lowest BCUT2D eigenvalue weighted by Crippen LogP contribution is -2.54. The molecule has 3 aliphatic rings. The monoisotopic (exact) mass is 486 g/mol. The predicted octanol–water partition coefficient (Wildman–Crippen LogP) is 3.96. The number of carbonyl (C=O) groups excluding carboxylic acids is 2. The number of carbonyl (C=O) groups is 2. The number of Topliss-reactive ketones (excluding diaryl/α,β-unsaturated/α-hetero) is 1. The number of aryl methyl sites for hydroxylation is 1. The van der Waals surface area contributed by atoms with E-state index in [-0.39, 0.29) is 6.54 Å². The van der Waals surface area contributed by atoms with Crippen molar-refractivity contribution in [2.75, 3.05) is 13.2 Å². The number of aliphatic hydroxyl groups excluding tert-OH is 1. The van der Waals surface area contributed by atoms with E-state index in [4.69, 9.17) is 10.8 Å². The molecule has 0 spiro atoms. The molecule has 5 atom stereocenters. The number of hydrogen-bond donors (Lipinski definition) is 3. The van der Waals surface area contributed by atoms with Crippen LogP contribution < -0.4 is 11.1 Å². The Kier molecular flexibility index (Phi) is 7.97. The SMILES string of the molecule is C[C@@H]1[C@@H](CCc2ccc(C#Cc3ccc(C(=O)N[C@@H](CN)C(=O)CO)cc3)cc2)C[C@H]2C[C@@H]1C2(C)C. The van der Waals surface area contributed by atoms with E-state index in [0.29, 0.717) is 11.0 Å². The highest BCUT2D eigenvalue weighted by Gasteiger charge is 2.55. The quantitative estimate of drug-likeness (QED) is 0.493. The Bertz CT molecular complexity index is 1140. The molecule has 5 heteroatoms. The van der Waals surface area contributed by atoms with Gasteiger partial charge in [-0.05, 0) is 96.7 Å². The van der Waals surface area contributed by atoms with Crippen LogP contribution >= 0.6 is 0 Å². The van der Waals surface area contributed by atoms with Crippen LogP contribution in [0.3, 0.4) is 0 Å². The van der Waals surface area contributed by atoms with E-state index in [0.717, 1.165) is 41.2 Å². The van der Waals surface area contributed by atoms with Crippen molar-refractivity contribution in [1.82, 2.24) is 5.32 Å². The molecule has 0 radical (unpaired) electrons. The number of hydrogen-bond acceptors (Lipinski definition) is 4. The van der Waals surface area contributed by atoms with Gasteiger partial charge in [0, 0.05) is 23.2 Å². The average molecular weight is 487 g/mol. The van der Waals surface area contributed by atoms with Crippen molar-refractivity contribution in [1.29, 1.82) is 0 Å². The average Bonchev–Trinajstić information content (AvgIpc) is 2.89. The van der Waals surface area contributed by atoms with Crippen molar-refractivity contribution in [3.05, 3.63) is 70.8 Å². The Hall–Kier alpha value is -2.94. The molecule has 5 nitrogen and oxygen atoms in total. The number of aliphatic hydroxyl groups is 1. The molecule has 190 valence electrons. The molecule has 0 aromatic heterocycles. The second kappa shape index (κ2) is 11.0. The number of nitrogens with two attached hydrogens (primary N) is 1. The van der Waals surface area contributed by atoms with Crippen LogP contribution in [0.5, 0.6) is 0 Å². The van der Waals surface area contributed by atoms with Crippen LogP contribution in [0.1, 0.15) is 67.1 Å². The molecule has 2 aromatic carbocycles. The maximum Gasteiger partial charge on any atom is 0.251 e. The molecule has 3 fully saturated rings. The van der Waals surface area contributed by atoms with Gasteiger partial charge < -0.3 is 16.2 Å². The molecule has 3 saturated carbocycles. The van der Waals surface area contributed by atoms with Crippen LogP contribution in [0.15, 0.2) is 48.5 Å². The van der Waals surface area contributed by atoms with Crippen molar-refractivity contribution >= 4 is 11.7 Å². The van der Waals surface area contributed by atoms with Gasteiger partial charge in [0.25, 0.3) is 5.91 Å². The maximum atomic E-state index is 12.3. The van der Waals surface area contributed by atoms with Gasteiger partial charge in [-0.25, -0.2) is 0 Å². The lowest BCUT2D eigenvalue weighted by atomic mass is 9.43. The number of amides is 1. The highest BCUT2D eigenvalue weighted by molar-refractivity contribution is 5.98. The molecule has 2 bridgehead atoms. The molecule has 3 aliphatic carbocycles. The highest BCUT2D eigenvalue weighted by Crippen LogP contribution is 2.63. The molecular weight excluding hydrogens is 448 g/mol. The molecule has 0 saturated heterocycles. The van der Waals surface area contributed by atoms with Gasteiger partial charge in [0.15, 0.2) is 5.78 Å². The molecule has 5 rings (SSSR count). The van der Waals surface area contributed by atoms with Gasteiger partial charge in [-0.3, -0.25) is 9.59 Å². The summed E-state index contributed by atoms with van der Waals surface area (Å²) in [4.78, 5) is 23.9. The second-order valence-corrected chi connectivity index (χ2v) is 11.2. The van der Waals surface area contributed by atoms with Crippen LogP contribution in [0.4, 0.5) is 0 Å². The molecule has 36 heavy (non-hydrogen) atoms. The summed E-state index contributed by atoms with van der Waals surface area (Å²) in [7, 11) is 0. The molecule has 0 aliphatic heterocycles. The number of rotatable bonds is 8. The van der Waals surface area contributed by atoms with E-state index in [9.17, 15) is 9.59 Å². The summed E-state index contributed by atoms with van der Waals surface area (Å²) in [6, 6.07) is 14.5. The Balaban J connectivity index is 1.29. The van der Waals surface area contributed by atoms with Gasteiger partial charge in [0.2, 0.25) is 0 Å². The first-order valence-corrected chi connectivity index (χ1v) is 13.1. The van der Waals surface area contributed by atoms with Gasteiger partial charge in [0.05, 0.1) is 0 Å². The third-order valence-electron chi connectivity index (χ3n) is 8.85. The van der Waals surface area contributed by atoms with Gasteiger partial charge in [-0.15, -0.1) is 0 Å². The fourth-order valence-electron chi connectivity index (χ4n) is 6.22. The Labute approximate surface area is 214 Å². The second-order valence-electron chi connectivity index (χ2n) is 11.2. The van der Waals surface area contributed by atoms with Gasteiger partial charge in [-0.1, -0.05) is 44.7 Å². The zero-order valence-electron chi connectivity index (χ0n) is 21.6. The summed E-state index contributed by atoms with van der Waals surface area (Å²) >= 11 is 0. The summed E-state index contributed by atoms with van der Waals surface area (Å²) in [5, 5.41) is 11.5. The first-order valence-electron chi connectivity index (χ1n) is 13.1. The van der Waals surface area contributed by atoms with Crippen LogP contribution in [0, 0.1) is 40.9 Å². The van der Waals surface area contributed by atoms with Crippen LogP contribution in [-0.2, 0) is 11.2 Å². The molecule has 2 aromatic rings. The summed E-state index contributed by atoms with van der Waals surface area (Å²) in [6.07, 6.45) is 5.23. The number of benzene rings is 2. The van der Waals surface area contributed by atoms with E-state index in [1.807, 2.05) is 0 Å². The van der Waals surface area contributed by atoms with Gasteiger partial charge in [0.1, 0.15) is 12.6 Å². The van der Waals surface area contributed by atoms with E-state index in [2.05, 4.69) is 62.2 Å². The molecule has 0 unspecified atom stereocenters.